The third-order valence-corrected chi connectivity index (χ3v) is 4.07. The quantitative estimate of drug-likeness (QED) is 0.878. The topological polar surface area (TPSA) is 47.6 Å². The summed E-state index contributed by atoms with van der Waals surface area (Å²) in [5, 5.41) is 2.90. The molecule has 1 fully saturated rings. The molecule has 1 aliphatic heterocycles. The molecule has 0 aliphatic carbocycles. The molecule has 1 heterocycles. The molecule has 0 radical (unpaired) electrons. The molecule has 2 rings (SSSR count). The lowest BCUT2D eigenvalue weighted by molar-refractivity contribution is -0.127. The molecule has 0 saturated carbocycles. The third-order valence-electron chi connectivity index (χ3n) is 4.07. The van der Waals surface area contributed by atoms with Gasteiger partial charge in [0.05, 0.1) is 6.10 Å². The Morgan fingerprint density at radius 2 is 2.18 bits per heavy atom. The number of carbonyl (C=O) groups excluding carboxylic acids is 1. The smallest absolute Gasteiger partial charge is 0.260 e. The van der Waals surface area contributed by atoms with Crippen molar-refractivity contribution in [2.75, 3.05) is 13.2 Å². The lowest BCUT2D eigenvalue weighted by Crippen LogP contribution is -2.40. The zero-order valence-corrected chi connectivity index (χ0v) is 14.0. The molecule has 1 aromatic carbocycles. The first kappa shape index (κ1) is 16.8. The number of carbonyl (C=O) groups is 1. The van der Waals surface area contributed by atoms with E-state index in [1.807, 2.05) is 12.1 Å². The molecule has 1 aliphatic rings. The average Bonchev–Trinajstić information content (AvgIpc) is 2.97. The SMILES string of the molecule is Cc1cc(OC(C)C(=O)NCC2CCCO2)ccc1C(C)C. The summed E-state index contributed by atoms with van der Waals surface area (Å²) < 4.78 is 11.3. The van der Waals surface area contributed by atoms with Crippen molar-refractivity contribution >= 4 is 5.91 Å². The van der Waals surface area contributed by atoms with Crippen LogP contribution in [-0.4, -0.2) is 31.3 Å². The van der Waals surface area contributed by atoms with Gasteiger partial charge in [0.1, 0.15) is 5.75 Å². The zero-order valence-electron chi connectivity index (χ0n) is 14.0. The standard InChI is InChI=1S/C18H27NO3/c1-12(2)17-8-7-15(10-13(17)3)22-14(4)18(20)19-11-16-6-5-9-21-16/h7-8,10,12,14,16H,5-6,9,11H2,1-4H3,(H,19,20). The Balaban J connectivity index is 1.86. The van der Waals surface area contributed by atoms with E-state index in [4.69, 9.17) is 9.47 Å². The van der Waals surface area contributed by atoms with Gasteiger partial charge in [0, 0.05) is 13.2 Å². The normalized spacial score (nSPS) is 19.2. The molecular formula is C18H27NO3. The van der Waals surface area contributed by atoms with Crippen molar-refractivity contribution in [2.45, 2.75) is 58.7 Å². The van der Waals surface area contributed by atoms with Gasteiger partial charge in [-0.15, -0.1) is 0 Å². The van der Waals surface area contributed by atoms with Gasteiger partial charge in [-0.05, 0) is 55.9 Å². The molecule has 0 aromatic heterocycles. The first-order valence-electron chi connectivity index (χ1n) is 8.14. The molecule has 4 heteroatoms. The highest BCUT2D eigenvalue weighted by Gasteiger charge is 2.19. The Hall–Kier alpha value is -1.55. The van der Waals surface area contributed by atoms with Crippen LogP contribution in [0.2, 0.25) is 0 Å². The summed E-state index contributed by atoms with van der Waals surface area (Å²) in [4.78, 5) is 12.1. The third kappa shape index (κ3) is 4.47. The summed E-state index contributed by atoms with van der Waals surface area (Å²) in [6.45, 7) is 9.56. The van der Waals surface area contributed by atoms with E-state index >= 15 is 0 Å². The number of aryl methyl sites for hydroxylation is 1. The van der Waals surface area contributed by atoms with Crippen LogP contribution < -0.4 is 10.1 Å². The Labute approximate surface area is 133 Å². The summed E-state index contributed by atoms with van der Waals surface area (Å²) in [7, 11) is 0. The number of amides is 1. The van der Waals surface area contributed by atoms with E-state index in [-0.39, 0.29) is 12.0 Å². The van der Waals surface area contributed by atoms with Crippen LogP contribution in [0.1, 0.15) is 50.7 Å². The second-order valence-electron chi connectivity index (χ2n) is 6.31. The van der Waals surface area contributed by atoms with Gasteiger partial charge in [-0.2, -0.15) is 0 Å². The highest BCUT2D eigenvalue weighted by Crippen LogP contribution is 2.24. The molecule has 1 N–H and O–H groups in total. The van der Waals surface area contributed by atoms with Crippen molar-refractivity contribution in [3.8, 4) is 5.75 Å². The van der Waals surface area contributed by atoms with Crippen molar-refractivity contribution in [2.24, 2.45) is 0 Å². The number of hydrogen-bond donors (Lipinski definition) is 1. The van der Waals surface area contributed by atoms with Crippen LogP contribution in [-0.2, 0) is 9.53 Å². The Morgan fingerprint density at radius 3 is 2.77 bits per heavy atom. The van der Waals surface area contributed by atoms with E-state index < -0.39 is 6.10 Å². The van der Waals surface area contributed by atoms with Crippen molar-refractivity contribution in [3.05, 3.63) is 29.3 Å². The van der Waals surface area contributed by atoms with E-state index in [0.29, 0.717) is 12.5 Å². The average molecular weight is 305 g/mol. The largest absolute Gasteiger partial charge is 0.481 e. The molecule has 1 amide bonds. The van der Waals surface area contributed by atoms with Gasteiger partial charge in [-0.1, -0.05) is 19.9 Å². The van der Waals surface area contributed by atoms with Crippen LogP contribution in [0.3, 0.4) is 0 Å². The molecule has 0 bridgehead atoms. The van der Waals surface area contributed by atoms with E-state index in [1.165, 1.54) is 11.1 Å². The maximum absolute atomic E-state index is 12.1. The number of nitrogens with one attached hydrogen (secondary N) is 1. The summed E-state index contributed by atoms with van der Waals surface area (Å²) in [5.74, 6) is 1.13. The van der Waals surface area contributed by atoms with Crippen LogP contribution in [0.4, 0.5) is 0 Å². The highest BCUT2D eigenvalue weighted by molar-refractivity contribution is 5.80. The molecule has 1 aromatic rings. The van der Waals surface area contributed by atoms with Crippen molar-refractivity contribution in [1.82, 2.24) is 5.32 Å². The number of benzene rings is 1. The minimum Gasteiger partial charge on any atom is -0.481 e. The van der Waals surface area contributed by atoms with E-state index in [9.17, 15) is 4.79 Å². The van der Waals surface area contributed by atoms with E-state index in [0.717, 1.165) is 25.2 Å². The van der Waals surface area contributed by atoms with Crippen LogP contribution in [0, 0.1) is 6.92 Å². The van der Waals surface area contributed by atoms with Crippen molar-refractivity contribution in [3.63, 3.8) is 0 Å². The Bertz CT molecular complexity index is 507. The van der Waals surface area contributed by atoms with Gasteiger partial charge in [0.2, 0.25) is 0 Å². The van der Waals surface area contributed by atoms with Gasteiger partial charge >= 0.3 is 0 Å². The maximum Gasteiger partial charge on any atom is 0.260 e. The van der Waals surface area contributed by atoms with E-state index in [2.05, 4.69) is 32.2 Å². The second kappa shape index (κ2) is 7.63. The zero-order chi connectivity index (χ0) is 16.1. The number of hydrogen-bond acceptors (Lipinski definition) is 3. The van der Waals surface area contributed by atoms with Gasteiger partial charge in [-0.3, -0.25) is 4.79 Å². The Morgan fingerprint density at radius 1 is 1.41 bits per heavy atom. The fraction of sp³-hybridized carbons (Fsp3) is 0.611. The summed E-state index contributed by atoms with van der Waals surface area (Å²) >= 11 is 0. The fourth-order valence-electron chi connectivity index (χ4n) is 2.79. The van der Waals surface area contributed by atoms with Gasteiger partial charge < -0.3 is 14.8 Å². The van der Waals surface area contributed by atoms with Gasteiger partial charge in [0.25, 0.3) is 5.91 Å². The lowest BCUT2D eigenvalue weighted by atomic mass is 9.98. The Kier molecular flexibility index (Phi) is 5.83. The van der Waals surface area contributed by atoms with Crippen LogP contribution in [0.5, 0.6) is 5.75 Å². The molecule has 2 atom stereocenters. The minimum atomic E-state index is -0.509. The monoisotopic (exact) mass is 305 g/mol. The molecule has 22 heavy (non-hydrogen) atoms. The van der Waals surface area contributed by atoms with Crippen LogP contribution in [0.15, 0.2) is 18.2 Å². The predicted molar refractivity (Wildman–Crippen MR) is 87.3 cm³/mol. The first-order valence-corrected chi connectivity index (χ1v) is 8.14. The number of ether oxygens (including phenoxy) is 2. The van der Waals surface area contributed by atoms with Gasteiger partial charge in [0.15, 0.2) is 6.10 Å². The fourth-order valence-corrected chi connectivity index (χ4v) is 2.79. The summed E-state index contributed by atoms with van der Waals surface area (Å²) in [6.07, 6.45) is 1.74. The molecule has 1 saturated heterocycles. The minimum absolute atomic E-state index is 0.0962. The predicted octanol–water partition coefficient (Wildman–Crippen LogP) is 3.18. The van der Waals surface area contributed by atoms with E-state index in [1.54, 1.807) is 6.92 Å². The van der Waals surface area contributed by atoms with Crippen molar-refractivity contribution in [1.29, 1.82) is 0 Å². The highest BCUT2D eigenvalue weighted by atomic mass is 16.5. The van der Waals surface area contributed by atoms with Crippen LogP contribution >= 0.6 is 0 Å². The summed E-state index contributed by atoms with van der Waals surface area (Å²) in [6, 6.07) is 6.01. The second-order valence-corrected chi connectivity index (χ2v) is 6.31. The molecule has 4 nitrogen and oxygen atoms in total. The molecular weight excluding hydrogens is 278 g/mol. The maximum atomic E-state index is 12.1. The van der Waals surface area contributed by atoms with Crippen LogP contribution in [0.25, 0.3) is 0 Å². The van der Waals surface area contributed by atoms with Crippen molar-refractivity contribution < 1.29 is 14.3 Å². The van der Waals surface area contributed by atoms with Gasteiger partial charge in [-0.25, -0.2) is 0 Å². The summed E-state index contributed by atoms with van der Waals surface area (Å²) in [5.41, 5.74) is 2.50. The number of rotatable bonds is 6. The molecule has 122 valence electrons. The molecule has 2 unspecified atom stereocenters. The lowest BCUT2D eigenvalue weighted by Gasteiger charge is -2.18. The molecule has 0 spiro atoms. The first-order chi connectivity index (χ1) is 10.5.